The molecule has 0 atom stereocenters. The van der Waals surface area contributed by atoms with Crippen molar-refractivity contribution in [2.24, 2.45) is 5.73 Å². The molecule has 0 bridgehead atoms. The fraction of sp³-hybridized carbons (Fsp3) is 0.960. The van der Waals surface area contributed by atoms with Gasteiger partial charge in [-0.1, -0.05) is 103 Å². The SMILES string of the molecule is CCCCCCCCCCCCCCCCCCNCCC(N)=O.OCCNCCO. The molecule has 6 nitrogen and oxygen atoms in total. The number of nitrogens with two attached hydrogens (primary N) is 1. The monoisotopic (exact) mass is 445 g/mol. The van der Waals surface area contributed by atoms with Crippen LogP contribution in [0.15, 0.2) is 0 Å². The number of hydrogen-bond donors (Lipinski definition) is 5. The molecule has 0 aliphatic carbocycles. The number of rotatable bonds is 24. The molecular formula is C25H55N3O3. The van der Waals surface area contributed by atoms with Crippen LogP contribution in [0.4, 0.5) is 0 Å². The number of primary amides is 1. The van der Waals surface area contributed by atoms with Crippen LogP contribution in [-0.2, 0) is 4.79 Å². The van der Waals surface area contributed by atoms with Gasteiger partial charge in [0.15, 0.2) is 0 Å². The lowest BCUT2D eigenvalue weighted by Gasteiger charge is -2.04. The zero-order chi connectivity index (χ0) is 23.3. The molecule has 0 aliphatic rings. The van der Waals surface area contributed by atoms with Crippen molar-refractivity contribution in [3.8, 4) is 0 Å². The highest BCUT2D eigenvalue weighted by Gasteiger charge is 1.95. The number of aliphatic hydroxyl groups is 2. The number of carbonyl (C=O) groups excluding carboxylic acids is 1. The first-order valence-corrected chi connectivity index (χ1v) is 13.1. The van der Waals surface area contributed by atoms with Crippen LogP contribution in [0.25, 0.3) is 0 Å². The van der Waals surface area contributed by atoms with E-state index in [-0.39, 0.29) is 19.1 Å². The molecular weight excluding hydrogens is 390 g/mol. The number of nitrogens with one attached hydrogen (secondary N) is 2. The number of carbonyl (C=O) groups is 1. The lowest BCUT2D eigenvalue weighted by molar-refractivity contribution is -0.117. The molecule has 0 saturated carbocycles. The Morgan fingerprint density at radius 2 is 0.935 bits per heavy atom. The lowest BCUT2D eigenvalue weighted by Crippen LogP contribution is -2.22. The fourth-order valence-corrected chi connectivity index (χ4v) is 3.42. The summed E-state index contributed by atoms with van der Waals surface area (Å²) in [7, 11) is 0. The number of unbranched alkanes of at least 4 members (excludes halogenated alkanes) is 15. The Kier molecular flexibility index (Phi) is 33.0. The predicted octanol–water partition coefficient (Wildman–Crippen LogP) is 4.27. The average Bonchev–Trinajstić information content (AvgIpc) is 2.76. The molecule has 0 aromatic carbocycles. The summed E-state index contributed by atoms with van der Waals surface area (Å²) in [5, 5.41) is 22.3. The summed E-state index contributed by atoms with van der Waals surface area (Å²) in [6.07, 6.45) is 22.9. The van der Waals surface area contributed by atoms with Gasteiger partial charge in [-0.05, 0) is 13.0 Å². The van der Waals surface area contributed by atoms with Crippen LogP contribution < -0.4 is 16.4 Å². The molecule has 31 heavy (non-hydrogen) atoms. The van der Waals surface area contributed by atoms with E-state index in [1.165, 1.54) is 103 Å². The maximum atomic E-state index is 10.6. The third kappa shape index (κ3) is 37.0. The minimum Gasteiger partial charge on any atom is -0.395 e. The third-order valence-electron chi connectivity index (χ3n) is 5.33. The third-order valence-corrected chi connectivity index (χ3v) is 5.33. The highest BCUT2D eigenvalue weighted by Crippen LogP contribution is 2.13. The van der Waals surface area contributed by atoms with Crippen molar-refractivity contribution in [3.05, 3.63) is 0 Å². The van der Waals surface area contributed by atoms with Gasteiger partial charge in [-0.3, -0.25) is 4.79 Å². The van der Waals surface area contributed by atoms with E-state index < -0.39 is 0 Å². The van der Waals surface area contributed by atoms with Crippen molar-refractivity contribution in [3.63, 3.8) is 0 Å². The van der Waals surface area contributed by atoms with Crippen LogP contribution in [0, 0.1) is 0 Å². The van der Waals surface area contributed by atoms with Gasteiger partial charge < -0.3 is 26.6 Å². The first-order chi connectivity index (χ1) is 15.2. The van der Waals surface area contributed by atoms with Crippen molar-refractivity contribution >= 4 is 5.91 Å². The quantitative estimate of drug-likeness (QED) is 0.143. The molecule has 0 aliphatic heterocycles. The predicted molar refractivity (Wildman–Crippen MR) is 133 cm³/mol. The van der Waals surface area contributed by atoms with Gasteiger partial charge in [0, 0.05) is 26.1 Å². The Balaban J connectivity index is 0. The Morgan fingerprint density at radius 3 is 1.29 bits per heavy atom. The van der Waals surface area contributed by atoms with Crippen molar-refractivity contribution in [1.82, 2.24) is 10.6 Å². The second kappa shape index (κ2) is 31.5. The second-order valence-electron chi connectivity index (χ2n) is 8.47. The van der Waals surface area contributed by atoms with E-state index >= 15 is 0 Å². The molecule has 0 spiro atoms. The van der Waals surface area contributed by atoms with Gasteiger partial charge in [-0.2, -0.15) is 0 Å². The minimum atomic E-state index is -0.213. The van der Waals surface area contributed by atoms with Gasteiger partial charge in [-0.15, -0.1) is 0 Å². The molecule has 6 heteroatoms. The largest absolute Gasteiger partial charge is 0.395 e. The van der Waals surface area contributed by atoms with Crippen LogP contribution >= 0.6 is 0 Å². The van der Waals surface area contributed by atoms with Gasteiger partial charge in [0.2, 0.25) is 5.91 Å². The summed E-state index contributed by atoms with van der Waals surface area (Å²) < 4.78 is 0. The normalized spacial score (nSPS) is 10.7. The van der Waals surface area contributed by atoms with Crippen LogP contribution in [-0.4, -0.2) is 55.5 Å². The van der Waals surface area contributed by atoms with E-state index in [1.54, 1.807) is 0 Å². The van der Waals surface area contributed by atoms with Crippen molar-refractivity contribution < 1.29 is 15.0 Å². The molecule has 1 amide bonds. The standard InChI is InChI=1S/C21H44N2O.C4H11NO2/c1-2-3-4-5-6-7-8-9-10-11-12-13-14-15-16-17-19-23-20-18-21(22)24;6-3-1-5-2-4-7/h23H,2-20H2,1H3,(H2,22,24);5-7H,1-4H2. The molecule has 0 radical (unpaired) electrons. The van der Waals surface area contributed by atoms with Crippen molar-refractivity contribution in [2.45, 2.75) is 116 Å². The molecule has 0 heterocycles. The fourth-order valence-electron chi connectivity index (χ4n) is 3.42. The number of hydrogen-bond acceptors (Lipinski definition) is 5. The molecule has 0 aromatic heterocycles. The Morgan fingerprint density at radius 1 is 0.581 bits per heavy atom. The van der Waals surface area contributed by atoms with Gasteiger partial charge in [-0.25, -0.2) is 0 Å². The smallest absolute Gasteiger partial charge is 0.218 e. The summed E-state index contributed by atoms with van der Waals surface area (Å²) in [6.45, 7) is 5.45. The van der Waals surface area contributed by atoms with Crippen LogP contribution in [0.2, 0.25) is 0 Å². The summed E-state index contributed by atoms with van der Waals surface area (Å²) in [4.78, 5) is 10.6. The maximum absolute atomic E-state index is 10.6. The molecule has 6 N–H and O–H groups in total. The Labute approximate surface area is 193 Å². The van der Waals surface area contributed by atoms with Gasteiger partial charge >= 0.3 is 0 Å². The highest BCUT2D eigenvalue weighted by atomic mass is 16.3. The molecule has 0 rings (SSSR count). The summed E-state index contributed by atoms with van der Waals surface area (Å²) in [5.74, 6) is -0.213. The van der Waals surface area contributed by atoms with Crippen LogP contribution in [0.5, 0.6) is 0 Å². The van der Waals surface area contributed by atoms with Crippen molar-refractivity contribution in [1.29, 1.82) is 0 Å². The van der Waals surface area contributed by atoms with E-state index in [4.69, 9.17) is 15.9 Å². The van der Waals surface area contributed by atoms with E-state index in [0.29, 0.717) is 19.5 Å². The average molecular weight is 446 g/mol. The first-order valence-electron chi connectivity index (χ1n) is 13.1. The number of aliphatic hydroxyl groups excluding tert-OH is 2. The Hall–Kier alpha value is -0.690. The topological polar surface area (TPSA) is 108 Å². The van der Waals surface area contributed by atoms with E-state index in [1.807, 2.05) is 0 Å². The summed E-state index contributed by atoms with van der Waals surface area (Å²) >= 11 is 0. The van der Waals surface area contributed by atoms with E-state index in [2.05, 4.69) is 17.6 Å². The van der Waals surface area contributed by atoms with Gasteiger partial charge in [0.1, 0.15) is 0 Å². The second-order valence-corrected chi connectivity index (χ2v) is 8.47. The first kappa shape index (κ1) is 32.5. The number of amides is 1. The van der Waals surface area contributed by atoms with E-state index in [9.17, 15) is 4.79 Å². The van der Waals surface area contributed by atoms with Gasteiger partial charge in [0.25, 0.3) is 0 Å². The molecule has 0 unspecified atom stereocenters. The molecule has 0 aromatic rings. The highest BCUT2D eigenvalue weighted by molar-refractivity contribution is 5.73. The van der Waals surface area contributed by atoms with Crippen LogP contribution in [0.3, 0.4) is 0 Å². The molecule has 188 valence electrons. The Bertz CT molecular complexity index is 327. The molecule has 0 fully saturated rings. The lowest BCUT2D eigenvalue weighted by atomic mass is 10.0. The van der Waals surface area contributed by atoms with Crippen molar-refractivity contribution in [2.75, 3.05) is 39.4 Å². The maximum Gasteiger partial charge on any atom is 0.218 e. The van der Waals surface area contributed by atoms with Gasteiger partial charge in [0.05, 0.1) is 13.2 Å². The minimum absolute atomic E-state index is 0.139. The summed E-state index contributed by atoms with van der Waals surface area (Å²) in [6, 6.07) is 0. The zero-order valence-corrected chi connectivity index (χ0v) is 20.6. The molecule has 0 saturated heterocycles. The van der Waals surface area contributed by atoms with Crippen LogP contribution in [0.1, 0.15) is 116 Å². The summed E-state index contributed by atoms with van der Waals surface area (Å²) in [5.41, 5.74) is 5.09. The zero-order valence-electron chi connectivity index (χ0n) is 20.6. The van der Waals surface area contributed by atoms with E-state index in [0.717, 1.165) is 13.1 Å².